The lowest BCUT2D eigenvalue weighted by molar-refractivity contribution is 0.0698. The van der Waals surface area contributed by atoms with Crippen molar-refractivity contribution in [3.05, 3.63) is 58.1 Å². The highest BCUT2D eigenvalue weighted by atomic mass is 35.5. The Labute approximate surface area is 126 Å². The molecule has 21 heavy (non-hydrogen) atoms. The summed E-state index contributed by atoms with van der Waals surface area (Å²) < 4.78 is 0. The number of rotatable bonds is 3. The van der Waals surface area contributed by atoms with Gasteiger partial charge in [0.2, 0.25) is 0 Å². The van der Waals surface area contributed by atoms with Gasteiger partial charge in [0.15, 0.2) is 0 Å². The lowest BCUT2D eigenvalue weighted by Gasteiger charge is -2.10. The minimum absolute atomic E-state index is 0.0732. The van der Waals surface area contributed by atoms with E-state index in [0.717, 1.165) is 5.56 Å². The van der Waals surface area contributed by atoms with Crippen LogP contribution in [0.15, 0.2) is 36.4 Å². The van der Waals surface area contributed by atoms with Crippen molar-refractivity contribution in [1.82, 2.24) is 0 Å². The van der Waals surface area contributed by atoms with Gasteiger partial charge in [-0.05, 0) is 42.8 Å². The Balaban J connectivity index is 2.31. The summed E-state index contributed by atoms with van der Waals surface area (Å²) in [6.45, 7) is 1.83. The third-order valence-electron chi connectivity index (χ3n) is 3.00. The molecule has 0 spiro atoms. The van der Waals surface area contributed by atoms with Gasteiger partial charge >= 0.3 is 5.97 Å². The number of carboxylic acids is 1. The largest absolute Gasteiger partial charge is 0.478 e. The second-order valence-electron chi connectivity index (χ2n) is 4.52. The van der Waals surface area contributed by atoms with Crippen LogP contribution in [0.5, 0.6) is 0 Å². The first kappa shape index (κ1) is 14.9. The van der Waals surface area contributed by atoms with Crippen LogP contribution in [0.2, 0.25) is 5.02 Å². The molecule has 6 heteroatoms. The Kier molecular flexibility index (Phi) is 4.14. The first-order valence-corrected chi connectivity index (χ1v) is 6.46. The van der Waals surface area contributed by atoms with Crippen LogP contribution in [0.25, 0.3) is 0 Å². The molecular formula is C15H13ClN2O3. The second kappa shape index (κ2) is 5.85. The number of nitrogens with two attached hydrogens (primary N) is 1. The topological polar surface area (TPSA) is 92.4 Å². The van der Waals surface area contributed by atoms with E-state index in [4.69, 9.17) is 22.4 Å². The highest BCUT2D eigenvalue weighted by Crippen LogP contribution is 2.22. The fraction of sp³-hybridized carbons (Fsp3) is 0.0667. The summed E-state index contributed by atoms with van der Waals surface area (Å²) >= 11 is 5.76. The van der Waals surface area contributed by atoms with Gasteiger partial charge in [0.25, 0.3) is 5.91 Å². The Bertz CT molecular complexity index is 729. The van der Waals surface area contributed by atoms with Gasteiger partial charge in [0.1, 0.15) is 0 Å². The lowest BCUT2D eigenvalue weighted by Crippen LogP contribution is -2.15. The molecule has 2 rings (SSSR count). The number of carbonyl (C=O) groups is 2. The van der Waals surface area contributed by atoms with Crippen LogP contribution >= 0.6 is 11.6 Å². The summed E-state index contributed by atoms with van der Waals surface area (Å²) in [5, 5.41) is 12.0. The maximum absolute atomic E-state index is 12.1. The number of carbonyl (C=O) groups excluding carboxylic acids is 1. The molecule has 0 bridgehead atoms. The number of benzene rings is 2. The van der Waals surface area contributed by atoms with E-state index in [-0.39, 0.29) is 16.3 Å². The van der Waals surface area contributed by atoms with Crippen molar-refractivity contribution in [3.8, 4) is 0 Å². The average molecular weight is 305 g/mol. The first-order valence-electron chi connectivity index (χ1n) is 6.09. The number of aromatic carboxylic acids is 1. The highest BCUT2D eigenvalue weighted by molar-refractivity contribution is 6.31. The molecule has 0 saturated carbocycles. The monoisotopic (exact) mass is 304 g/mol. The molecule has 108 valence electrons. The van der Waals surface area contributed by atoms with E-state index in [2.05, 4.69) is 5.32 Å². The van der Waals surface area contributed by atoms with Crippen LogP contribution in [-0.4, -0.2) is 17.0 Å². The molecule has 1 amide bonds. The third kappa shape index (κ3) is 3.32. The van der Waals surface area contributed by atoms with Crippen molar-refractivity contribution in [3.63, 3.8) is 0 Å². The Hall–Kier alpha value is -2.53. The van der Waals surface area contributed by atoms with Crippen molar-refractivity contribution in [2.24, 2.45) is 0 Å². The van der Waals surface area contributed by atoms with Crippen molar-refractivity contribution < 1.29 is 14.7 Å². The minimum Gasteiger partial charge on any atom is -0.478 e. The maximum atomic E-state index is 12.1. The van der Waals surface area contributed by atoms with Gasteiger partial charge in [0.05, 0.1) is 11.3 Å². The van der Waals surface area contributed by atoms with E-state index in [1.165, 1.54) is 18.2 Å². The van der Waals surface area contributed by atoms with Crippen molar-refractivity contribution in [2.45, 2.75) is 6.92 Å². The van der Waals surface area contributed by atoms with Crippen molar-refractivity contribution in [2.75, 3.05) is 11.1 Å². The number of hydrogen-bond donors (Lipinski definition) is 3. The van der Waals surface area contributed by atoms with Crippen LogP contribution in [0, 0.1) is 6.92 Å². The van der Waals surface area contributed by atoms with Crippen LogP contribution in [0.4, 0.5) is 11.4 Å². The molecule has 2 aromatic rings. The first-order chi connectivity index (χ1) is 9.88. The average Bonchev–Trinajstić information content (AvgIpc) is 2.43. The summed E-state index contributed by atoms with van der Waals surface area (Å²) in [6, 6.07) is 9.12. The molecule has 0 aliphatic heterocycles. The zero-order valence-electron chi connectivity index (χ0n) is 11.2. The quantitative estimate of drug-likeness (QED) is 0.759. The van der Waals surface area contributed by atoms with Gasteiger partial charge in [-0.3, -0.25) is 4.79 Å². The van der Waals surface area contributed by atoms with Gasteiger partial charge in [-0.2, -0.15) is 0 Å². The van der Waals surface area contributed by atoms with E-state index in [1.54, 1.807) is 18.2 Å². The van der Waals surface area contributed by atoms with Gasteiger partial charge in [-0.25, -0.2) is 4.79 Å². The van der Waals surface area contributed by atoms with Crippen molar-refractivity contribution >= 4 is 34.9 Å². The number of anilines is 2. The second-order valence-corrected chi connectivity index (χ2v) is 4.96. The number of hydrogen-bond acceptors (Lipinski definition) is 3. The summed E-state index contributed by atoms with van der Waals surface area (Å²) in [7, 11) is 0. The van der Waals surface area contributed by atoms with Gasteiger partial charge < -0.3 is 16.2 Å². The number of aryl methyl sites for hydroxylation is 1. The Morgan fingerprint density at radius 1 is 1.19 bits per heavy atom. The molecule has 5 nitrogen and oxygen atoms in total. The molecule has 0 aliphatic carbocycles. The standard InChI is InChI=1S/C15H13ClN2O3/c1-8-2-3-9(6-12(8)17)14(19)18-13-5-4-10(16)7-11(13)15(20)21/h2-7H,17H2,1H3,(H,18,19)(H,20,21). The molecule has 0 heterocycles. The van der Waals surface area contributed by atoms with Gasteiger partial charge in [-0.15, -0.1) is 0 Å². The van der Waals surface area contributed by atoms with Crippen LogP contribution < -0.4 is 11.1 Å². The van der Waals surface area contributed by atoms with E-state index >= 15 is 0 Å². The summed E-state index contributed by atoms with van der Waals surface area (Å²) in [5.41, 5.74) is 7.58. The molecule has 0 fully saturated rings. The smallest absolute Gasteiger partial charge is 0.337 e. The fourth-order valence-corrected chi connectivity index (χ4v) is 1.95. The van der Waals surface area contributed by atoms with Crippen LogP contribution in [0.3, 0.4) is 0 Å². The molecule has 0 atom stereocenters. The van der Waals surface area contributed by atoms with Crippen molar-refractivity contribution in [1.29, 1.82) is 0 Å². The number of nitrogen functional groups attached to an aromatic ring is 1. The summed E-state index contributed by atoms with van der Waals surface area (Å²) in [4.78, 5) is 23.3. The lowest BCUT2D eigenvalue weighted by atomic mass is 10.1. The molecule has 0 saturated heterocycles. The van der Waals surface area contributed by atoms with Gasteiger partial charge in [0, 0.05) is 16.3 Å². The molecule has 0 radical (unpaired) electrons. The predicted octanol–water partition coefficient (Wildman–Crippen LogP) is 3.18. The SMILES string of the molecule is Cc1ccc(C(=O)Nc2ccc(Cl)cc2C(=O)O)cc1N. The zero-order chi connectivity index (χ0) is 15.6. The third-order valence-corrected chi connectivity index (χ3v) is 3.24. The van der Waals surface area contributed by atoms with E-state index in [1.807, 2.05) is 6.92 Å². The maximum Gasteiger partial charge on any atom is 0.337 e. The van der Waals surface area contributed by atoms with Crippen LogP contribution in [0.1, 0.15) is 26.3 Å². The summed E-state index contributed by atoms with van der Waals surface area (Å²) in [6.07, 6.45) is 0. The van der Waals surface area contributed by atoms with Crippen LogP contribution in [-0.2, 0) is 0 Å². The number of halogens is 1. The van der Waals surface area contributed by atoms with E-state index in [9.17, 15) is 9.59 Å². The molecule has 0 aromatic heterocycles. The Morgan fingerprint density at radius 3 is 2.52 bits per heavy atom. The highest BCUT2D eigenvalue weighted by Gasteiger charge is 2.14. The number of nitrogens with one attached hydrogen (secondary N) is 1. The van der Waals surface area contributed by atoms with Gasteiger partial charge in [-0.1, -0.05) is 17.7 Å². The summed E-state index contributed by atoms with van der Waals surface area (Å²) in [5.74, 6) is -1.61. The Morgan fingerprint density at radius 2 is 1.90 bits per heavy atom. The molecule has 4 N–H and O–H groups in total. The molecular weight excluding hydrogens is 292 g/mol. The molecule has 0 unspecified atom stereocenters. The zero-order valence-corrected chi connectivity index (χ0v) is 11.9. The van der Waals surface area contributed by atoms with E-state index < -0.39 is 11.9 Å². The number of carboxylic acid groups (broad SMARTS) is 1. The number of amides is 1. The predicted molar refractivity (Wildman–Crippen MR) is 82.0 cm³/mol. The molecule has 0 aliphatic rings. The molecule has 2 aromatic carbocycles. The fourth-order valence-electron chi connectivity index (χ4n) is 1.78. The minimum atomic E-state index is -1.17. The normalized spacial score (nSPS) is 10.2. The van der Waals surface area contributed by atoms with E-state index in [0.29, 0.717) is 11.3 Å².